The second-order valence-electron chi connectivity index (χ2n) is 3.46. The van der Waals surface area contributed by atoms with Crippen molar-refractivity contribution >= 4 is 17.5 Å². The van der Waals surface area contributed by atoms with E-state index in [0.29, 0.717) is 11.6 Å². The molecule has 1 aromatic rings. The van der Waals surface area contributed by atoms with E-state index in [1.54, 1.807) is 24.3 Å². The summed E-state index contributed by atoms with van der Waals surface area (Å²) in [5.41, 5.74) is 0. The van der Waals surface area contributed by atoms with Crippen LogP contribution in [0.2, 0.25) is 0 Å². The zero-order valence-corrected chi connectivity index (χ0v) is 10.5. The van der Waals surface area contributed by atoms with Crippen LogP contribution in [0.25, 0.3) is 0 Å². The van der Waals surface area contributed by atoms with Crippen LogP contribution >= 0.6 is 0 Å². The Hall–Kier alpha value is -1.85. The number of carbonyl (C=O) groups is 1. The molecule has 0 saturated carbocycles. The normalized spacial score (nSPS) is 9.82. The molecule has 6 heteroatoms. The number of nitrogens with one attached hydrogen (secondary N) is 2. The van der Waals surface area contributed by atoms with Gasteiger partial charge in [0.1, 0.15) is 11.6 Å². The summed E-state index contributed by atoms with van der Waals surface area (Å²) in [5.74, 6) is 1.33. The average molecular weight is 237 g/mol. The second-order valence-corrected chi connectivity index (χ2v) is 3.46. The first kappa shape index (κ1) is 13.2. The van der Waals surface area contributed by atoms with Crippen LogP contribution in [0.4, 0.5) is 11.6 Å². The lowest BCUT2D eigenvalue weighted by Crippen LogP contribution is -2.35. The van der Waals surface area contributed by atoms with Gasteiger partial charge in [-0.2, -0.15) is 0 Å². The van der Waals surface area contributed by atoms with Gasteiger partial charge in [0, 0.05) is 20.1 Å². The van der Waals surface area contributed by atoms with Gasteiger partial charge in [-0.25, -0.2) is 4.98 Å². The molecule has 1 heterocycles. The van der Waals surface area contributed by atoms with Gasteiger partial charge >= 0.3 is 0 Å². The molecule has 1 aromatic heterocycles. The predicted octanol–water partition coefficient (Wildman–Crippen LogP) is 0.799. The molecule has 0 aliphatic carbocycles. The monoisotopic (exact) mass is 237 g/mol. The first-order chi connectivity index (χ1) is 8.21. The van der Waals surface area contributed by atoms with Gasteiger partial charge in [-0.1, -0.05) is 0 Å². The van der Waals surface area contributed by atoms with Crippen molar-refractivity contribution in [3.05, 3.63) is 12.4 Å². The molecule has 0 saturated heterocycles. The number of hydrogen-bond acceptors (Lipinski definition) is 5. The van der Waals surface area contributed by atoms with Crippen LogP contribution in [0, 0.1) is 0 Å². The Kier molecular flexibility index (Phi) is 5.19. The van der Waals surface area contributed by atoms with Gasteiger partial charge in [-0.15, -0.1) is 0 Å². The molecule has 0 fully saturated rings. The number of aromatic nitrogens is 2. The highest BCUT2D eigenvalue weighted by Crippen LogP contribution is 2.05. The molecule has 0 bridgehead atoms. The largest absolute Gasteiger partial charge is 0.372 e. The maximum Gasteiger partial charge on any atom is 0.241 e. The smallest absolute Gasteiger partial charge is 0.241 e. The number of carbonyl (C=O) groups excluding carboxylic acids is 1. The van der Waals surface area contributed by atoms with Crippen molar-refractivity contribution in [1.29, 1.82) is 0 Å². The molecular weight excluding hydrogens is 218 g/mol. The van der Waals surface area contributed by atoms with Crippen LogP contribution in [0.3, 0.4) is 0 Å². The summed E-state index contributed by atoms with van der Waals surface area (Å²) in [4.78, 5) is 21.7. The number of nitrogens with zero attached hydrogens (tertiary/aromatic N) is 3. The molecule has 94 valence electrons. The molecule has 0 radical (unpaired) electrons. The van der Waals surface area contributed by atoms with Crippen molar-refractivity contribution in [2.24, 2.45) is 0 Å². The number of anilines is 2. The fourth-order valence-electron chi connectivity index (χ4n) is 1.43. The molecule has 2 N–H and O–H groups in total. The third kappa shape index (κ3) is 3.90. The molecule has 6 nitrogen and oxygen atoms in total. The van der Waals surface area contributed by atoms with E-state index >= 15 is 0 Å². The van der Waals surface area contributed by atoms with Crippen LogP contribution in [-0.2, 0) is 4.79 Å². The first-order valence-corrected chi connectivity index (χ1v) is 5.72. The van der Waals surface area contributed by atoms with Crippen LogP contribution in [0.15, 0.2) is 12.4 Å². The molecule has 1 rings (SSSR count). The Balaban J connectivity index is 2.52. The summed E-state index contributed by atoms with van der Waals surface area (Å²) in [6.45, 7) is 5.60. The highest BCUT2D eigenvalue weighted by atomic mass is 16.2. The topological polar surface area (TPSA) is 70.2 Å². The lowest BCUT2D eigenvalue weighted by molar-refractivity contribution is -0.128. The highest BCUT2D eigenvalue weighted by Gasteiger charge is 2.09. The Bertz CT molecular complexity index is 365. The third-order valence-electron chi connectivity index (χ3n) is 2.43. The van der Waals surface area contributed by atoms with Crippen LogP contribution in [-0.4, -0.2) is 47.5 Å². The van der Waals surface area contributed by atoms with Crippen LogP contribution < -0.4 is 10.6 Å². The summed E-state index contributed by atoms with van der Waals surface area (Å²) in [6, 6.07) is 0. The fourth-order valence-corrected chi connectivity index (χ4v) is 1.43. The van der Waals surface area contributed by atoms with Gasteiger partial charge < -0.3 is 15.5 Å². The number of likely N-dealkylation sites (N-methyl/N-ethyl adjacent to an activating group) is 1. The zero-order chi connectivity index (χ0) is 12.7. The summed E-state index contributed by atoms with van der Waals surface area (Å²) in [5, 5.41) is 5.85. The van der Waals surface area contributed by atoms with E-state index in [-0.39, 0.29) is 12.5 Å². The molecule has 0 spiro atoms. The molecule has 0 unspecified atom stereocenters. The number of hydrogen-bond donors (Lipinski definition) is 2. The van der Waals surface area contributed by atoms with Crippen molar-refractivity contribution in [2.45, 2.75) is 13.8 Å². The maximum absolute atomic E-state index is 11.7. The number of amides is 1. The van der Waals surface area contributed by atoms with Crippen molar-refractivity contribution < 1.29 is 4.79 Å². The van der Waals surface area contributed by atoms with Crippen molar-refractivity contribution in [3.8, 4) is 0 Å². The quantitative estimate of drug-likeness (QED) is 0.765. The summed E-state index contributed by atoms with van der Waals surface area (Å²) in [6.07, 6.45) is 3.22. The van der Waals surface area contributed by atoms with Gasteiger partial charge in [0.25, 0.3) is 0 Å². The highest BCUT2D eigenvalue weighted by molar-refractivity contribution is 5.80. The van der Waals surface area contributed by atoms with Gasteiger partial charge in [0.15, 0.2) is 0 Å². The molecule has 0 aliphatic heterocycles. The molecule has 0 aliphatic rings. The Labute approximate surface area is 101 Å². The maximum atomic E-state index is 11.7. The lowest BCUT2D eigenvalue weighted by atomic mass is 10.4. The Morgan fingerprint density at radius 2 is 1.94 bits per heavy atom. The van der Waals surface area contributed by atoms with Crippen LogP contribution in [0.1, 0.15) is 13.8 Å². The van der Waals surface area contributed by atoms with Crippen molar-refractivity contribution in [3.63, 3.8) is 0 Å². The summed E-state index contributed by atoms with van der Waals surface area (Å²) < 4.78 is 0. The fraction of sp³-hybridized carbons (Fsp3) is 0.545. The Morgan fingerprint density at radius 1 is 1.29 bits per heavy atom. The van der Waals surface area contributed by atoms with E-state index in [9.17, 15) is 4.79 Å². The Morgan fingerprint density at radius 3 is 2.53 bits per heavy atom. The van der Waals surface area contributed by atoms with Crippen molar-refractivity contribution in [1.82, 2.24) is 14.9 Å². The minimum atomic E-state index is 0.0617. The van der Waals surface area contributed by atoms with Gasteiger partial charge in [-0.05, 0) is 13.8 Å². The van der Waals surface area contributed by atoms with Gasteiger partial charge in [0.2, 0.25) is 5.91 Å². The third-order valence-corrected chi connectivity index (χ3v) is 2.43. The van der Waals surface area contributed by atoms with Crippen molar-refractivity contribution in [2.75, 3.05) is 37.3 Å². The van der Waals surface area contributed by atoms with E-state index in [2.05, 4.69) is 20.6 Å². The minimum absolute atomic E-state index is 0.0617. The van der Waals surface area contributed by atoms with Gasteiger partial charge in [-0.3, -0.25) is 9.78 Å². The molecule has 17 heavy (non-hydrogen) atoms. The molecule has 1 amide bonds. The molecule has 0 atom stereocenters. The summed E-state index contributed by atoms with van der Waals surface area (Å²) >= 11 is 0. The SMILES string of the molecule is CCN(CC)C(=O)CNc1cncc(NC)n1. The number of rotatable bonds is 6. The molecule has 0 aromatic carbocycles. The van der Waals surface area contributed by atoms with E-state index < -0.39 is 0 Å². The van der Waals surface area contributed by atoms with E-state index in [1.165, 1.54) is 0 Å². The molecular formula is C11H19N5O. The lowest BCUT2D eigenvalue weighted by Gasteiger charge is -2.18. The standard InChI is InChI=1S/C11H19N5O/c1-4-16(5-2)11(17)8-14-10-7-13-6-9(12-3)15-10/h6-7H,4-5,8H2,1-3H3,(H2,12,14,15). The summed E-state index contributed by atoms with van der Waals surface area (Å²) in [7, 11) is 1.77. The first-order valence-electron chi connectivity index (χ1n) is 5.72. The van der Waals surface area contributed by atoms with E-state index in [4.69, 9.17) is 0 Å². The zero-order valence-electron chi connectivity index (χ0n) is 10.5. The predicted molar refractivity (Wildman–Crippen MR) is 68.0 cm³/mol. The van der Waals surface area contributed by atoms with E-state index in [1.807, 2.05) is 13.8 Å². The minimum Gasteiger partial charge on any atom is -0.372 e. The second kappa shape index (κ2) is 6.67. The van der Waals surface area contributed by atoms with Crippen LogP contribution in [0.5, 0.6) is 0 Å². The van der Waals surface area contributed by atoms with E-state index in [0.717, 1.165) is 13.1 Å². The van der Waals surface area contributed by atoms with Gasteiger partial charge in [0.05, 0.1) is 18.9 Å². The average Bonchev–Trinajstić information content (AvgIpc) is 2.38.